The number of carbonyl (C=O) groups is 3. The van der Waals surface area contributed by atoms with Gasteiger partial charge in [-0.3, -0.25) is 9.59 Å². The molecule has 1 fully saturated rings. The fourth-order valence-corrected chi connectivity index (χ4v) is 5.51. The number of rotatable bonds is 8. The second kappa shape index (κ2) is 10.5. The minimum atomic E-state index is -0.933. The Balaban J connectivity index is 1.41. The van der Waals surface area contributed by atoms with E-state index in [1.807, 2.05) is 38.1 Å². The first kappa shape index (κ1) is 24.8. The fourth-order valence-electron chi connectivity index (χ4n) is 5.51. The van der Waals surface area contributed by atoms with Crippen LogP contribution in [-0.2, 0) is 14.3 Å². The maximum atomic E-state index is 13.2. The quantitative estimate of drug-likeness (QED) is 0.503. The van der Waals surface area contributed by atoms with Crippen LogP contribution in [0.15, 0.2) is 48.5 Å². The molecule has 1 atom stereocenters. The third kappa shape index (κ3) is 5.50. The number of fused-ring (bicyclic) bond motifs is 3. The summed E-state index contributed by atoms with van der Waals surface area (Å²) in [6.45, 7) is 3.85. The Morgan fingerprint density at radius 1 is 0.971 bits per heavy atom. The van der Waals surface area contributed by atoms with Crippen LogP contribution in [0.1, 0.15) is 69.4 Å². The van der Waals surface area contributed by atoms with Gasteiger partial charge in [-0.1, -0.05) is 81.6 Å². The molecule has 0 aliphatic heterocycles. The van der Waals surface area contributed by atoms with Crippen molar-refractivity contribution < 1.29 is 24.2 Å². The van der Waals surface area contributed by atoms with Crippen molar-refractivity contribution in [2.75, 3.05) is 6.61 Å². The zero-order chi connectivity index (χ0) is 25.0. The number of hydrogen-bond donors (Lipinski definition) is 3. The third-order valence-corrected chi connectivity index (χ3v) is 7.25. The van der Waals surface area contributed by atoms with Gasteiger partial charge >= 0.3 is 12.1 Å². The number of carbonyl (C=O) groups excluding carboxylic acids is 2. The number of carboxylic acids is 1. The van der Waals surface area contributed by atoms with Gasteiger partial charge in [0.2, 0.25) is 5.91 Å². The Kier molecular flexibility index (Phi) is 7.43. The van der Waals surface area contributed by atoms with Gasteiger partial charge in [0.05, 0.1) is 12.0 Å². The van der Waals surface area contributed by atoms with Crippen molar-refractivity contribution in [1.29, 1.82) is 0 Å². The SMILES string of the molecule is CC(C)[C@H](NC(=O)OCC1c2ccccc2-c2ccccc21)C(=O)NC1(CC(=O)O)CCCCC1. The van der Waals surface area contributed by atoms with Gasteiger partial charge in [0.15, 0.2) is 0 Å². The average molecular weight is 479 g/mol. The van der Waals surface area contributed by atoms with E-state index in [2.05, 4.69) is 34.9 Å². The van der Waals surface area contributed by atoms with Crippen molar-refractivity contribution in [3.63, 3.8) is 0 Å². The highest BCUT2D eigenvalue weighted by Crippen LogP contribution is 2.44. The highest BCUT2D eigenvalue weighted by atomic mass is 16.5. The number of nitrogens with one attached hydrogen (secondary N) is 2. The summed E-state index contributed by atoms with van der Waals surface area (Å²) in [6.07, 6.45) is 3.26. The van der Waals surface area contributed by atoms with Crippen molar-refractivity contribution in [2.45, 2.75) is 69.9 Å². The molecule has 0 heterocycles. The Labute approximate surface area is 206 Å². The Morgan fingerprint density at radius 3 is 2.09 bits per heavy atom. The summed E-state index contributed by atoms with van der Waals surface area (Å²) in [4.78, 5) is 37.5. The molecule has 2 amide bonds. The molecule has 2 aliphatic carbocycles. The van der Waals surface area contributed by atoms with E-state index in [9.17, 15) is 19.5 Å². The summed E-state index contributed by atoms with van der Waals surface area (Å²) in [7, 11) is 0. The van der Waals surface area contributed by atoms with E-state index in [4.69, 9.17) is 4.74 Å². The summed E-state index contributed by atoms with van der Waals surface area (Å²) in [6, 6.07) is 15.4. The van der Waals surface area contributed by atoms with Gasteiger partial charge < -0.3 is 20.5 Å². The van der Waals surface area contributed by atoms with E-state index >= 15 is 0 Å². The molecule has 0 bridgehead atoms. The van der Waals surface area contributed by atoms with Crippen LogP contribution in [0.5, 0.6) is 0 Å². The van der Waals surface area contributed by atoms with Crippen LogP contribution in [0.2, 0.25) is 0 Å². The standard InChI is InChI=1S/C28H34N2O5/c1-18(2)25(26(33)30-28(16-24(31)32)14-8-3-9-15-28)29-27(34)35-17-23-21-12-6-4-10-19(21)20-11-5-7-13-22(20)23/h4-7,10-13,18,23,25H,3,8-9,14-17H2,1-2H3,(H,29,34)(H,30,33)(H,31,32)/t25-/m0/s1. The number of carboxylic acid groups (broad SMARTS) is 1. The zero-order valence-corrected chi connectivity index (χ0v) is 20.4. The molecule has 0 saturated heterocycles. The maximum absolute atomic E-state index is 13.2. The number of hydrogen-bond acceptors (Lipinski definition) is 4. The van der Waals surface area contributed by atoms with E-state index in [1.54, 1.807) is 0 Å². The second-order valence-corrected chi connectivity index (χ2v) is 10.1. The summed E-state index contributed by atoms with van der Waals surface area (Å²) < 4.78 is 5.63. The molecule has 0 aromatic heterocycles. The van der Waals surface area contributed by atoms with Crippen LogP contribution < -0.4 is 10.6 Å². The molecule has 2 aromatic carbocycles. The van der Waals surface area contributed by atoms with Crippen molar-refractivity contribution >= 4 is 18.0 Å². The predicted molar refractivity (Wildman–Crippen MR) is 133 cm³/mol. The summed E-state index contributed by atoms with van der Waals surface area (Å²) >= 11 is 0. The summed E-state index contributed by atoms with van der Waals surface area (Å²) in [5.41, 5.74) is 3.76. The molecule has 3 N–H and O–H groups in total. The highest BCUT2D eigenvalue weighted by Gasteiger charge is 2.38. The van der Waals surface area contributed by atoms with E-state index in [0.717, 1.165) is 41.5 Å². The van der Waals surface area contributed by atoms with E-state index < -0.39 is 23.6 Å². The molecule has 4 rings (SSSR count). The van der Waals surface area contributed by atoms with Crippen molar-refractivity contribution in [3.05, 3.63) is 59.7 Å². The minimum Gasteiger partial charge on any atom is -0.481 e. The first-order chi connectivity index (χ1) is 16.8. The van der Waals surface area contributed by atoms with Gasteiger partial charge in [0, 0.05) is 5.92 Å². The molecule has 2 aliphatic rings. The average Bonchev–Trinajstić information content (AvgIpc) is 3.14. The predicted octanol–water partition coefficient (Wildman–Crippen LogP) is 4.84. The van der Waals surface area contributed by atoms with E-state index in [0.29, 0.717) is 12.8 Å². The van der Waals surface area contributed by atoms with Crippen LogP contribution in [0.4, 0.5) is 4.79 Å². The molecule has 7 heteroatoms. The lowest BCUT2D eigenvalue weighted by atomic mass is 9.79. The monoisotopic (exact) mass is 478 g/mol. The van der Waals surface area contributed by atoms with Gasteiger partial charge in [-0.15, -0.1) is 0 Å². The Morgan fingerprint density at radius 2 is 1.54 bits per heavy atom. The van der Waals surface area contributed by atoms with Crippen LogP contribution in [0, 0.1) is 5.92 Å². The molecule has 0 radical (unpaired) electrons. The fraction of sp³-hybridized carbons (Fsp3) is 0.464. The topological polar surface area (TPSA) is 105 Å². The number of alkyl carbamates (subject to hydrolysis) is 1. The summed E-state index contributed by atoms with van der Waals surface area (Å²) in [5.74, 6) is -1.56. The Bertz CT molecular complexity index is 1040. The lowest BCUT2D eigenvalue weighted by Crippen LogP contribution is -2.58. The van der Waals surface area contributed by atoms with Gasteiger partial charge in [0.1, 0.15) is 12.6 Å². The Hall–Kier alpha value is -3.35. The molecule has 35 heavy (non-hydrogen) atoms. The van der Waals surface area contributed by atoms with Crippen molar-refractivity contribution in [1.82, 2.24) is 10.6 Å². The lowest BCUT2D eigenvalue weighted by molar-refractivity contribution is -0.140. The van der Waals surface area contributed by atoms with Crippen LogP contribution in [0.3, 0.4) is 0 Å². The first-order valence-corrected chi connectivity index (χ1v) is 12.4. The number of amides is 2. The van der Waals surface area contributed by atoms with Gasteiger partial charge in [-0.05, 0) is 41.0 Å². The number of ether oxygens (including phenoxy) is 1. The molecular formula is C28H34N2O5. The minimum absolute atomic E-state index is 0.0689. The van der Waals surface area contributed by atoms with Crippen LogP contribution in [-0.4, -0.2) is 41.3 Å². The van der Waals surface area contributed by atoms with E-state index in [1.165, 1.54) is 0 Å². The van der Waals surface area contributed by atoms with Crippen molar-refractivity contribution in [3.8, 4) is 11.1 Å². The molecule has 0 spiro atoms. The molecule has 1 saturated carbocycles. The largest absolute Gasteiger partial charge is 0.481 e. The van der Waals surface area contributed by atoms with Gasteiger partial charge in [0.25, 0.3) is 0 Å². The lowest BCUT2D eigenvalue weighted by Gasteiger charge is -2.38. The number of benzene rings is 2. The van der Waals surface area contributed by atoms with Gasteiger partial charge in [-0.2, -0.15) is 0 Å². The van der Waals surface area contributed by atoms with Crippen LogP contribution >= 0.6 is 0 Å². The smallest absolute Gasteiger partial charge is 0.407 e. The summed E-state index contributed by atoms with van der Waals surface area (Å²) in [5, 5.41) is 15.1. The highest BCUT2D eigenvalue weighted by molar-refractivity contribution is 5.87. The van der Waals surface area contributed by atoms with E-state index in [-0.39, 0.29) is 30.8 Å². The normalized spacial score (nSPS) is 17.2. The first-order valence-electron chi connectivity index (χ1n) is 12.4. The molecule has 2 aromatic rings. The molecule has 186 valence electrons. The number of aliphatic carboxylic acids is 1. The third-order valence-electron chi connectivity index (χ3n) is 7.25. The molecular weight excluding hydrogens is 444 g/mol. The maximum Gasteiger partial charge on any atom is 0.407 e. The molecule has 7 nitrogen and oxygen atoms in total. The second-order valence-electron chi connectivity index (χ2n) is 10.1. The molecule has 0 unspecified atom stereocenters. The van der Waals surface area contributed by atoms with Crippen LogP contribution in [0.25, 0.3) is 11.1 Å². The zero-order valence-electron chi connectivity index (χ0n) is 20.4. The van der Waals surface area contributed by atoms with Gasteiger partial charge in [-0.25, -0.2) is 4.79 Å². The van der Waals surface area contributed by atoms with Crippen molar-refractivity contribution in [2.24, 2.45) is 5.92 Å².